The minimum Gasteiger partial charge on any atom is -0.355 e. The van der Waals surface area contributed by atoms with Gasteiger partial charge in [-0.15, -0.1) is 0 Å². The van der Waals surface area contributed by atoms with Gasteiger partial charge >= 0.3 is 0 Å². The number of hydrogen-bond donors (Lipinski definition) is 2. The number of nitrogens with two attached hydrogens (primary N) is 1. The normalized spacial score (nSPS) is 9.08. The van der Waals surface area contributed by atoms with E-state index in [0.717, 1.165) is 0 Å². The number of amides is 1. The van der Waals surface area contributed by atoms with Crippen molar-refractivity contribution in [3.05, 3.63) is 29.8 Å². The molecule has 0 aliphatic carbocycles. The molecule has 0 aromatic heterocycles. The fourth-order valence-electron chi connectivity index (χ4n) is 0.913. The van der Waals surface area contributed by atoms with E-state index in [4.69, 9.17) is 5.53 Å². The Hall–Kier alpha value is -1.71. The van der Waals surface area contributed by atoms with Crippen LogP contribution in [0.5, 0.6) is 0 Å². The number of nitrogens with one attached hydrogen (secondary N) is 1. The summed E-state index contributed by atoms with van der Waals surface area (Å²) in [5.41, 5.74) is 6.07. The van der Waals surface area contributed by atoms with Gasteiger partial charge in [-0.2, -0.15) is 5.53 Å². The minimum atomic E-state index is -0.181. The first-order valence-corrected chi connectivity index (χ1v) is 3.51. The van der Waals surface area contributed by atoms with Crippen molar-refractivity contribution in [3.8, 4) is 0 Å². The molecule has 0 bridgehead atoms. The molecule has 0 radical (unpaired) electrons. The second-order valence-corrected chi connectivity index (χ2v) is 2.23. The quantitative estimate of drug-likeness (QED) is 0.588. The first-order valence-electron chi connectivity index (χ1n) is 3.51. The SMILES string of the molecule is CNC(=O)c1ccccc1N=[NH2+]. The number of rotatable bonds is 2. The summed E-state index contributed by atoms with van der Waals surface area (Å²) in [7, 11) is 1.57. The van der Waals surface area contributed by atoms with E-state index in [1.54, 1.807) is 31.3 Å². The first-order chi connectivity index (χ1) is 5.79. The maximum absolute atomic E-state index is 11.2. The van der Waals surface area contributed by atoms with Crippen molar-refractivity contribution < 1.29 is 10.3 Å². The van der Waals surface area contributed by atoms with Gasteiger partial charge < -0.3 is 5.32 Å². The fourth-order valence-corrected chi connectivity index (χ4v) is 0.913. The monoisotopic (exact) mass is 164 g/mol. The van der Waals surface area contributed by atoms with E-state index in [0.29, 0.717) is 11.3 Å². The molecule has 12 heavy (non-hydrogen) atoms. The molecule has 0 atom stereocenters. The molecule has 0 spiro atoms. The smallest absolute Gasteiger partial charge is 0.253 e. The predicted octanol–water partition coefficient (Wildman–Crippen LogP) is -0.111. The summed E-state index contributed by atoms with van der Waals surface area (Å²) in [6.45, 7) is 0. The van der Waals surface area contributed by atoms with Crippen molar-refractivity contribution in [3.63, 3.8) is 0 Å². The summed E-state index contributed by atoms with van der Waals surface area (Å²) < 4.78 is 0. The summed E-state index contributed by atoms with van der Waals surface area (Å²) in [4.78, 5) is 11.2. The molecule has 0 saturated carbocycles. The van der Waals surface area contributed by atoms with E-state index in [2.05, 4.69) is 10.4 Å². The molecule has 1 rings (SSSR count). The maximum Gasteiger partial charge on any atom is 0.253 e. The number of carbonyl (C=O) groups is 1. The van der Waals surface area contributed by atoms with Crippen molar-refractivity contribution in [1.29, 1.82) is 0 Å². The van der Waals surface area contributed by atoms with Gasteiger partial charge in [0.2, 0.25) is 0 Å². The molecule has 1 aromatic carbocycles. The molecular formula is C8H10N3O+. The lowest BCUT2D eigenvalue weighted by atomic mass is 10.2. The number of hydrogen-bond acceptors (Lipinski definition) is 2. The predicted molar refractivity (Wildman–Crippen MR) is 43.8 cm³/mol. The summed E-state index contributed by atoms with van der Waals surface area (Å²) in [6.07, 6.45) is 0. The molecule has 0 aliphatic heterocycles. The third-order valence-corrected chi connectivity index (χ3v) is 1.51. The van der Waals surface area contributed by atoms with Gasteiger partial charge in [0, 0.05) is 7.05 Å². The summed E-state index contributed by atoms with van der Waals surface area (Å²) in [6, 6.07) is 6.90. The molecule has 4 heteroatoms. The fraction of sp³-hybridized carbons (Fsp3) is 0.125. The number of carbonyl (C=O) groups excluding carboxylic acids is 1. The Labute approximate surface area is 70.1 Å². The van der Waals surface area contributed by atoms with Crippen LogP contribution in [-0.4, -0.2) is 13.0 Å². The largest absolute Gasteiger partial charge is 0.355 e. The highest BCUT2D eigenvalue weighted by Crippen LogP contribution is 2.16. The Balaban J connectivity index is 3.13. The van der Waals surface area contributed by atoms with Gasteiger partial charge in [0.1, 0.15) is 5.69 Å². The van der Waals surface area contributed by atoms with Crippen molar-refractivity contribution in [2.75, 3.05) is 7.05 Å². The second kappa shape index (κ2) is 3.61. The van der Waals surface area contributed by atoms with E-state index >= 15 is 0 Å². The van der Waals surface area contributed by atoms with Crippen LogP contribution in [0.1, 0.15) is 10.4 Å². The highest BCUT2D eigenvalue weighted by molar-refractivity contribution is 5.98. The van der Waals surface area contributed by atoms with E-state index in [1.165, 1.54) is 0 Å². The van der Waals surface area contributed by atoms with Crippen LogP contribution in [0.15, 0.2) is 29.4 Å². The minimum absolute atomic E-state index is 0.181. The Morgan fingerprint density at radius 1 is 1.50 bits per heavy atom. The van der Waals surface area contributed by atoms with Crippen molar-refractivity contribution in [2.45, 2.75) is 0 Å². The lowest BCUT2D eigenvalue weighted by molar-refractivity contribution is -0.210. The molecule has 3 N–H and O–H groups in total. The van der Waals surface area contributed by atoms with E-state index in [9.17, 15) is 4.79 Å². The Morgan fingerprint density at radius 3 is 2.75 bits per heavy atom. The zero-order chi connectivity index (χ0) is 8.97. The summed E-state index contributed by atoms with van der Waals surface area (Å²) in [5, 5.41) is 5.98. The van der Waals surface area contributed by atoms with E-state index in [1.807, 2.05) is 0 Å². The van der Waals surface area contributed by atoms with Crippen molar-refractivity contribution in [2.24, 2.45) is 5.11 Å². The highest BCUT2D eigenvalue weighted by Gasteiger charge is 2.08. The van der Waals surface area contributed by atoms with Crippen LogP contribution in [0.4, 0.5) is 5.69 Å². The average molecular weight is 164 g/mol. The zero-order valence-corrected chi connectivity index (χ0v) is 6.74. The average Bonchev–Trinajstić information content (AvgIpc) is 2.16. The van der Waals surface area contributed by atoms with Gasteiger partial charge in [-0.1, -0.05) is 12.1 Å². The molecule has 4 nitrogen and oxygen atoms in total. The molecule has 1 aromatic rings. The topological polar surface area (TPSA) is 67.0 Å². The number of benzene rings is 1. The van der Waals surface area contributed by atoms with Crippen LogP contribution in [0.2, 0.25) is 0 Å². The molecule has 0 fully saturated rings. The summed E-state index contributed by atoms with van der Waals surface area (Å²) >= 11 is 0. The third-order valence-electron chi connectivity index (χ3n) is 1.51. The number of nitrogens with zero attached hydrogens (tertiary/aromatic N) is 1. The van der Waals surface area contributed by atoms with E-state index in [-0.39, 0.29) is 5.91 Å². The molecule has 0 heterocycles. The summed E-state index contributed by atoms with van der Waals surface area (Å²) in [5.74, 6) is -0.181. The van der Waals surface area contributed by atoms with Crippen LogP contribution in [-0.2, 0) is 0 Å². The van der Waals surface area contributed by atoms with Crippen LogP contribution in [0.25, 0.3) is 0 Å². The standard InChI is InChI=1S/C8H9N3O/c1-10-8(12)6-4-2-3-5-7(6)11-9/h2-5,9H,1H3,(H,10,12)/p+1. The molecule has 0 unspecified atom stereocenters. The van der Waals surface area contributed by atoms with Gasteiger partial charge in [0.15, 0.2) is 0 Å². The van der Waals surface area contributed by atoms with E-state index < -0.39 is 0 Å². The maximum atomic E-state index is 11.2. The third kappa shape index (κ3) is 1.47. The lowest BCUT2D eigenvalue weighted by Gasteiger charge is -1.99. The molecule has 0 saturated heterocycles. The Kier molecular flexibility index (Phi) is 2.53. The first kappa shape index (κ1) is 8.39. The lowest BCUT2D eigenvalue weighted by Crippen LogP contribution is -2.24. The molecule has 0 aliphatic rings. The zero-order valence-electron chi connectivity index (χ0n) is 6.74. The van der Waals surface area contributed by atoms with Crippen molar-refractivity contribution >= 4 is 11.6 Å². The van der Waals surface area contributed by atoms with Crippen LogP contribution in [0, 0.1) is 0 Å². The Bertz CT molecular complexity index is 309. The van der Waals surface area contributed by atoms with Gasteiger partial charge in [0.25, 0.3) is 5.91 Å². The van der Waals surface area contributed by atoms with Gasteiger partial charge in [-0.05, 0) is 17.2 Å². The second-order valence-electron chi connectivity index (χ2n) is 2.23. The van der Waals surface area contributed by atoms with Gasteiger partial charge in [-0.3, -0.25) is 4.79 Å². The molecular weight excluding hydrogens is 154 g/mol. The molecule has 62 valence electrons. The van der Waals surface area contributed by atoms with Crippen LogP contribution in [0.3, 0.4) is 0 Å². The van der Waals surface area contributed by atoms with Gasteiger partial charge in [0.05, 0.1) is 5.56 Å². The highest BCUT2D eigenvalue weighted by atomic mass is 16.1. The Morgan fingerprint density at radius 2 is 2.17 bits per heavy atom. The van der Waals surface area contributed by atoms with Crippen molar-refractivity contribution in [1.82, 2.24) is 5.32 Å². The van der Waals surface area contributed by atoms with Crippen LogP contribution < -0.4 is 10.8 Å². The van der Waals surface area contributed by atoms with Crippen LogP contribution >= 0.6 is 0 Å². The van der Waals surface area contributed by atoms with Gasteiger partial charge in [-0.25, -0.2) is 0 Å². The molecule has 1 amide bonds.